The van der Waals surface area contributed by atoms with Gasteiger partial charge < -0.3 is 4.90 Å². The maximum absolute atomic E-state index is 12.6. The first-order valence-corrected chi connectivity index (χ1v) is 7.92. The molecular weight excluding hydrogens is 270 g/mol. The summed E-state index contributed by atoms with van der Waals surface area (Å²) < 4.78 is 0. The van der Waals surface area contributed by atoms with Crippen LogP contribution in [0.4, 0.5) is 5.69 Å². The molecule has 1 heterocycles. The van der Waals surface area contributed by atoms with Crippen molar-refractivity contribution in [3.63, 3.8) is 0 Å². The Bertz CT molecular complexity index is 707. The van der Waals surface area contributed by atoms with Gasteiger partial charge in [0, 0.05) is 12.2 Å². The quantitative estimate of drug-likeness (QED) is 0.834. The number of rotatable bonds is 2. The first-order valence-electron chi connectivity index (χ1n) is 7.92. The zero-order chi connectivity index (χ0) is 15.0. The summed E-state index contributed by atoms with van der Waals surface area (Å²) >= 11 is 0. The third-order valence-corrected chi connectivity index (χ3v) is 4.98. The molecule has 1 aliphatic carbocycles. The van der Waals surface area contributed by atoms with E-state index >= 15 is 0 Å². The van der Waals surface area contributed by atoms with Gasteiger partial charge in [-0.05, 0) is 36.6 Å². The second-order valence-electron chi connectivity index (χ2n) is 6.16. The highest BCUT2D eigenvalue weighted by Gasteiger charge is 2.51. The molecular formula is C20H19NO. The van der Waals surface area contributed by atoms with Crippen LogP contribution in [-0.4, -0.2) is 17.9 Å². The minimum Gasteiger partial charge on any atom is -0.361 e. The normalized spacial score (nSPS) is 27.0. The van der Waals surface area contributed by atoms with Crippen LogP contribution in [0.5, 0.6) is 0 Å². The molecule has 0 radical (unpaired) electrons. The molecule has 2 aromatic carbocycles. The van der Waals surface area contributed by atoms with Crippen molar-refractivity contribution in [2.24, 2.45) is 0 Å². The average molecular weight is 289 g/mol. The van der Waals surface area contributed by atoms with E-state index in [-0.39, 0.29) is 17.2 Å². The average Bonchev–Trinajstić information content (AvgIpc) is 3.14. The first kappa shape index (κ1) is 13.3. The Morgan fingerprint density at radius 3 is 2.36 bits per heavy atom. The van der Waals surface area contributed by atoms with Crippen LogP contribution in [0.25, 0.3) is 0 Å². The summed E-state index contributed by atoms with van der Waals surface area (Å²) in [5, 5.41) is 0. The van der Waals surface area contributed by atoms with E-state index < -0.39 is 0 Å². The van der Waals surface area contributed by atoms with E-state index in [1.54, 1.807) is 6.08 Å². The summed E-state index contributed by atoms with van der Waals surface area (Å²) in [6.45, 7) is 1.00. The lowest BCUT2D eigenvalue weighted by Gasteiger charge is -2.40. The SMILES string of the molecule is O=C1C=C[C@@]2(CCCN2c2ccccc2)[C@H]1c1ccccc1. The molecule has 0 bridgehead atoms. The summed E-state index contributed by atoms with van der Waals surface area (Å²) in [5.74, 6) is 0.144. The standard InChI is InChI=1S/C20H19NO/c22-18-12-14-20(19(18)16-8-3-1-4-9-16)13-7-15-21(20)17-10-5-2-6-11-17/h1-6,8-12,14,19H,7,13,15H2/t19-,20-/m0/s1. The predicted octanol–water partition coefficient (Wildman–Crippen LogP) is 3.95. The summed E-state index contributed by atoms with van der Waals surface area (Å²) in [6, 6.07) is 20.7. The van der Waals surface area contributed by atoms with Crippen molar-refractivity contribution in [2.45, 2.75) is 24.3 Å². The van der Waals surface area contributed by atoms with Gasteiger partial charge in [-0.25, -0.2) is 0 Å². The van der Waals surface area contributed by atoms with Gasteiger partial charge in [0.2, 0.25) is 0 Å². The van der Waals surface area contributed by atoms with Gasteiger partial charge in [-0.2, -0.15) is 0 Å². The first-order chi connectivity index (χ1) is 10.8. The third-order valence-electron chi connectivity index (χ3n) is 4.98. The molecule has 4 rings (SSSR count). The number of carbonyl (C=O) groups excluding carboxylic acids is 1. The van der Waals surface area contributed by atoms with E-state index in [0.29, 0.717) is 0 Å². The Hall–Kier alpha value is -2.35. The van der Waals surface area contributed by atoms with Gasteiger partial charge in [0.25, 0.3) is 0 Å². The monoisotopic (exact) mass is 289 g/mol. The van der Waals surface area contributed by atoms with Crippen LogP contribution in [0.15, 0.2) is 72.8 Å². The summed E-state index contributed by atoms with van der Waals surface area (Å²) in [6.07, 6.45) is 6.09. The fourth-order valence-electron chi connectivity index (χ4n) is 4.08. The molecule has 2 aromatic rings. The van der Waals surface area contributed by atoms with Gasteiger partial charge in [-0.3, -0.25) is 4.79 Å². The molecule has 1 fully saturated rings. The van der Waals surface area contributed by atoms with E-state index in [1.165, 1.54) is 5.69 Å². The lowest BCUT2D eigenvalue weighted by Crippen LogP contribution is -2.47. The fourth-order valence-corrected chi connectivity index (χ4v) is 4.08. The molecule has 0 amide bonds. The van der Waals surface area contributed by atoms with Crippen LogP contribution in [0.1, 0.15) is 24.3 Å². The maximum Gasteiger partial charge on any atom is 0.165 e. The number of benzene rings is 2. The van der Waals surface area contributed by atoms with Crippen molar-refractivity contribution in [1.29, 1.82) is 0 Å². The van der Waals surface area contributed by atoms with Gasteiger partial charge in [0.05, 0.1) is 11.5 Å². The number of nitrogens with zero attached hydrogens (tertiary/aromatic N) is 1. The smallest absolute Gasteiger partial charge is 0.165 e. The topological polar surface area (TPSA) is 20.3 Å². The van der Waals surface area contributed by atoms with Crippen LogP contribution in [0, 0.1) is 0 Å². The summed E-state index contributed by atoms with van der Waals surface area (Å²) in [5.41, 5.74) is 2.14. The highest BCUT2D eigenvalue weighted by molar-refractivity contribution is 6.01. The molecule has 1 spiro atoms. The molecule has 0 unspecified atom stereocenters. The van der Waals surface area contributed by atoms with Crippen molar-refractivity contribution in [1.82, 2.24) is 0 Å². The van der Waals surface area contributed by atoms with E-state index in [2.05, 4.69) is 47.4 Å². The number of para-hydroxylation sites is 1. The van der Waals surface area contributed by atoms with Gasteiger partial charge >= 0.3 is 0 Å². The minimum atomic E-state index is -0.195. The van der Waals surface area contributed by atoms with Crippen molar-refractivity contribution in [2.75, 3.05) is 11.4 Å². The predicted molar refractivity (Wildman–Crippen MR) is 89.1 cm³/mol. The van der Waals surface area contributed by atoms with Gasteiger partial charge in [-0.15, -0.1) is 0 Å². The second-order valence-corrected chi connectivity index (χ2v) is 6.16. The van der Waals surface area contributed by atoms with Crippen LogP contribution < -0.4 is 4.90 Å². The molecule has 1 aliphatic heterocycles. The second kappa shape index (κ2) is 5.13. The minimum absolute atomic E-state index is 0.0867. The number of hydrogen-bond donors (Lipinski definition) is 0. The lowest BCUT2D eigenvalue weighted by atomic mass is 9.79. The van der Waals surface area contributed by atoms with E-state index in [4.69, 9.17) is 0 Å². The molecule has 1 saturated heterocycles. The Kier molecular flexibility index (Phi) is 3.11. The lowest BCUT2D eigenvalue weighted by molar-refractivity contribution is -0.116. The van der Waals surface area contributed by atoms with Crippen LogP contribution in [0.2, 0.25) is 0 Å². The summed E-state index contributed by atoms with van der Waals surface area (Å²) in [4.78, 5) is 15.0. The molecule has 0 saturated carbocycles. The highest BCUT2D eigenvalue weighted by Crippen LogP contribution is 2.48. The third kappa shape index (κ3) is 1.91. The zero-order valence-corrected chi connectivity index (χ0v) is 12.5. The molecule has 0 N–H and O–H groups in total. The Morgan fingerprint density at radius 1 is 0.955 bits per heavy atom. The van der Waals surface area contributed by atoms with Crippen molar-refractivity contribution in [3.05, 3.63) is 78.4 Å². The highest BCUT2D eigenvalue weighted by atomic mass is 16.1. The number of carbonyl (C=O) groups is 1. The molecule has 2 nitrogen and oxygen atoms in total. The van der Waals surface area contributed by atoms with Crippen LogP contribution in [0.3, 0.4) is 0 Å². The Labute approximate surface area is 131 Å². The molecule has 0 aromatic heterocycles. The van der Waals surface area contributed by atoms with E-state index in [0.717, 1.165) is 24.9 Å². The van der Waals surface area contributed by atoms with Crippen LogP contribution >= 0.6 is 0 Å². The van der Waals surface area contributed by atoms with E-state index in [1.807, 2.05) is 24.3 Å². The number of anilines is 1. The molecule has 110 valence electrons. The largest absolute Gasteiger partial charge is 0.361 e. The molecule has 2 atom stereocenters. The Balaban J connectivity index is 1.81. The van der Waals surface area contributed by atoms with Crippen molar-refractivity contribution in [3.8, 4) is 0 Å². The van der Waals surface area contributed by atoms with Gasteiger partial charge in [0.15, 0.2) is 5.78 Å². The zero-order valence-electron chi connectivity index (χ0n) is 12.5. The number of ketones is 1. The number of hydrogen-bond acceptors (Lipinski definition) is 2. The fraction of sp³-hybridized carbons (Fsp3) is 0.250. The van der Waals surface area contributed by atoms with Crippen molar-refractivity contribution >= 4 is 11.5 Å². The Morgan fingerprint density at radius 2 is 1.64 bits per heavy atom. The molecule has 2 heteroatoms. The van der Waals surface area contributed by atoms with Crippen LogP contribution in [-0.2, 0) is 4.79 Å². The maximum atomic E-state index is 12.6. The van der Waals surface area contributed by atoms with E-state index in [9.17, 15) is 4.79 Å². The molecule has 22 heavy (non-hydrogen) atoms. The summed E-state index contributed by atoms with van der Waals surface area (Å²) in [7, 11) is 0. The van der Waals surface area contributed by atoms with Gasteiger partial charge in [-0.1, -0.05) is 54.6 Å². The molecule has 2 aliphatic rings. The van der Waals surface area contributed by atoms with Gasteiger partial charge in [0.1, 0.15) is 0 Å². The van der Waals surface area contributed by atoms with Crippen molar-refractivity contribution < 1.29 is 4.79 Å². The number of allylic oxidation sites excluding steroid dienone is 1.